The molecule has 88 valence electrons. The number of allylic oxidation sites excluding steroid dienone is 1. The van der Waals surface area contributed by atoms with E-state index < -0.39 is 5.62 Å². The molecule has 0 aliphatic rings. The summed E-state index contributed by atoms with van der Waals surface area (Å²) in [7, 11) is 0. The zero-order chi connectivity index (χ0) is 11.6. The standard InChI is InChI=1S/C9H18NOPS3/c1-3-5-6-7-8-15-12(14,10-9-13)11-4-2/h3,9H,1,4-8H2,2H3,(H,10,13,14). The molecule has 0 saturated heterocycles. The molecule has 0 aromatic carbocycles. The normalized spacial score (nSPS) is 14.2. The van der Waals surface area contributed by atoms with Crippen molar-refractivity contribution in [1.29, 1.82) is 0 Å². The lowest BCUT2D eigenvalue weighted by Crippen LogP contribution is -2.06. The molecule has 0 aromatic heterocycles. The SMILES string of the molecule is C=CCCCCSP(=S)(NC=S)OCC. The van der Waals surface area contributed by atoms with E-state index in [1.807, 2.05) is 13.0 Å². The van der Waals surface area contributed by atoms with E-state index in [0.29, 0.717) is 6.61 Å². The molecule has 1 unspecified atom stereocenters. The summed E-state index contributed by atoms with van der Waals surface area (Å²) in [5.74, 6) is 1.02. The van der Waals surface area contributed by atoms with Crippen LogP contribution in [0.15, 0.2) is 12.7 Å². The predicted octanol–water partition coefficient (Wildman–Crippen LogP) is 3.88. The van der Waals surface area contributed by atoms with Crippen LogP contribution in [0.25, 0.3) is 0 Å². The predicted molar refractivity (Wildman–Crippen MR) is 79.2 cm³/mol. The van der Waals surface area contributed by atoms with Crippen LogP contribution in [0.3, 0.4) is 0 Å². The second kappa shape index (κ2) is 9.79. The number of unbranched alkanes of at least 4 members (excludes halogenated alkanes) is 2. The van der Waals surface area contributed by atoms with Gasteiger partial charge in [0.1, 0.15) is 0 Å². The first-order chi connectivity index (χ1) is 7.18. The molecule has 0 spiro atoms. The molecule has 0 aromatic rings. The van der Waals surface area contributed by atoms with Crippen molar-refractivity contribution >= 4 is 46.5 Å². The molecule has 2 nitrogen and oxygen atoms in total. The summed E-state index contributed by atoms with van der Waals surface area (Å²) in [5.41, 5.74) is -0.488. The Labute approximate surface area is 107 Å². The van der Waals surface area contributed by atoms with Crippen molar-refractivity contribution < 1.29 is 4.52 Å². The third kappa shape index (κ3) is 8.40. The van der Waals surface area contributed by atoms with Crippen molar-refractivity contribution in [3.05, 3.63) is 12.7 Å². The lowest BCUT2D eigenvalue weighted by Gasteiger charge is -2.19. The van der Waals surface area contributed by atoms with Crippen LogP contribution in [0, 0.1) is 0 Å². The van der Waals surface area contributed by atoms with Crippen molar-refractivity contribution in [3.63, 3.8) is 0 Å². The molecular formula is C9H18NOPS3. The van der Waals surface area contributed by atoms with Gasteiger partial charge in [0.2, 0.25) is 5.62 Å². The first kappa shape index (κ1) is 15.6. The Hall–Kier alpha value is 0.590. The van der Waals surface area contributed by atoms with Gasteiger partial charge in [0.15, 0.2) is 0 Å². The van der Waals surface area contributed by atoms with Gasteiger partial charge in [-0.25, -0.2) is 0 Å². The molecule has 0 fully saturated rings. The minimum atomic E-state index is -1.95. The Bertz CT molecular complexity index is 235. The van der Waals surface area contributed by atoms with Crippen LogP contribution < -0.4 is 5.09 Å². The van der Waals surface area contributed by atoms with E-state index in [0.717, 1.165) is 25.0 Å². The highest BCUT2D eigenvalue weighted by molar-refractivity contribution is 8.68. The van der Waals surface area contributed by atoms with Crippen molar-refractivity contribution in [2.24, 2.45) is 0 Å². The largest absolute Gasteiger partial charge is 0.327 e. The molecule has 6 heteroatoms. The second-order valence-electron chi connectivity index (χ2n) is 2.78. The zero-order valence-electron chi connectivity index (χ0n) is 8.98. The van der Waals surface area contributed by atoms with E-state index in [1.54, 1.807) is 11.4 Å². The van der Waals surface area contributed by atoms with E-state index >= 15 is 0 Å². The smallest absolute Gasteiger partial charge is 0.210 e. The molecule has 0 bridgehead atoms. The van der Waals surface area contributed by atoms with Crippen LogP contribution in [0.5, 0.6) is 0 Å². The topological polar surface area (TPSA) is 21.3 Å². The summed E-state index contributed by atoms with van der Waals surface area (Å²) in [5, 5.41) is 2.99. The van der Waals surface area contributed by atoms with Gasteiger partial charge >= 0.3 is 0 Å². The highest BCUT2D eigenvalue weighted by Gasteiger charge is 2.15. The summed E-state index contributed by atoms with van der Waals surface area (Å²) in [6.45, 7) is 6.27. The van der Waals surface area contributed by atoms with Crippen LogP contribution in [0.1, 0.15) is 26.2 Å². The Morgan fingerprint density at radius 1 is 1.53 bits per heavy atom. The minimum absolute atomic E-state index is 0.632. The van der Waals surface area contributed by atoms with Gasteiger partial charge in [-0.05, 0) is 38.0 Å². The highest BCUT2D eigenvalue weighted by Crippen LogP contribution is 2.55. The fraction of sp³-hybridized carbons (Fsp3) is 0.667. The maximum atomic E-state index is 5.54. The van der Waals surface area contributed by atoms with Crippen LogP contribution in [-0.2, 0) is 16.3 Å². The summed E-state index contributed by atoms with van der Waals surface area (Å²) >= 11 is 11.8. The van der Waals surface area contributed by atoms with Crippen molar-refractivity contribution in [3.8, 4) is 0 Å². The molecule has 15 heavy (non-hydrogen) atoms. The van der Waals surface area contributed by atoms with E-state index in [2.05, 4.69) is 11.7 Å². The zero-order valence-corrected chi connectivity index (χ0v) is 12.3. The second-order valence-corrected chi connectivity index (χ2v) is 9.75. The number of thiocarbonyl (C=S) groups is 1. The van der Waals surface area contributed by atoms with Gasteiger partial charge in [0.05, 0.1) is 12.1 Å². The van der Waals surface area contributed by atoms with Crippen LogP contribution in [0.4, 0.5) is 0 Å². The summed E-state index contributed by atoms with van der Waals surface area (Å²) < 4.78 is 5.54. The van der Waals surface area contributed by atoms with Gasteiger partial charge in [0.25, 0.3) is 0 Å². The summed E-state index contributed by atoms with van der Waals surface area (Å²) in [6.07, 6.45) is 5.31. The molecule has 1 N–H and O–H groups in total. The third-order valence-electron chi connectivity index (χ3n) is 1.57. The van der Waals surface area contributed by atoms with Gasteiger partial charge in [-0.3, -0.25) is 0 Å². The van der Waals surface area contributed by atoms with E-state index in [4.69, 9.17) is 28.5 Å². The van der Waals surface area contributed by atoms with Crippen molar-refractivity contribution in [1.82, 2.24) is 5.09 Å². The first-order valence-corrected chi connectivity index (χ1v) is 9.68. The number of rotatable bonds is 10. The Morgan fingerprint density at radius 2 is 2.27 bits per heavy atom. The molecular weight excluding hydrogens is 265 g/mol. The van der Waals surface area contributed by atoms with Gasteiger partial charge in [-0.1, -0.05) is 29.7 Å². The van der Waals surface area contributed by atoms with Gasteiger partial charge in [-0.2, -0.15) is 0 Å². The summed E-state index contributed by atoms with van der Waals surface area (Å²) in [4.78, 5) is 0. The van der Waals surface area contributed by atoms with E-state index in [-0.39, 0.29) is 0 Å². The first-order valence-electron chi connectivity index (χ1n) is 4.90. The minimum Gasteiger partial charge on any atom is -0.327 e. The quantitative estimate of drug-likeness (QED) is 0.283. The molecule has 0 radical (unpaired) electrons. The number of hydrogen-bond acceptors (Lipinski definition) is 4. The lowest BCUT2D eigenvalue weighted by molar-refractivity contribution is 0.383. The van der Waals surface area contributed by atoms with Crippen LogP contribution >= 0.6 is 29.2 Å². The fourth-order valence-corrected chi connectivity index (χ4v) is 6.21. The highest BCUT2D eigenvalue weighted by atomic mass is 32.9. The molecule has 0 saturated carbocycles. The number of nitrogens with one attached hydrogen (secondary N) is 1. The van der Waals surface area contributed by atoms with Crippen molar-refractivity contribution in [2.75, 3.05) is 12.4 Å². The molecule has 0 rings (SSSR count). The maximum absolute atomic E-state index is 5.54. The van der Waals surface area contributed by atoms with E-state index in [9.17, 15) is 0 Å². The van der Waals surface area contributed by atoms with Gasteiger partial charge in [0, 0.05) is 5.75 Å². The van der Waals surface area contributed by atoms with Crippen LogP contribution in [0.2, 0.25) is 0 Å². The van der Waals surface area contributed by atoms with E-state index in [1.165, 1.54) is 5.49 Å². The maximum Gasteiger partial charge on any atom is 0.210 e. The molecule has 0 aliphatic heterocycles. The number of hydrogen-bond donors (Lipinski definition) is 1. The van der Waals surface area contributed by atoms with Crippen LogP contribution in [-0.4, -0.2) is 17.9 Å². The van der Waals surface area contributed by atoms with Gasteiger partial charge < -0.3 is 9.61 Å². The Morgan fingerprint density at radius 3 is 2.80 bits per heavy atom. The molecule has 0 heterocycles. The Kier molecular flexibility index (Phi) is 10.2. The average Bonchev–Trinajstić information content (AvgIpc) is 2.18. The fourth-order valence-electron chi connectivity index (χ4n) is 0.922. The monoisotopic (exact) mass is 283 g/mol. The third-order valence-corrected chi connectivity index (χ3v) is 7.50. The Balaban J connectivity index is 3.80. The lowest BCUT2D eigenvalue weighted by atomic mass is 10.2. The van der Waals surface area contributed by atoms with Gasteiger partial charge in [-0.15, -0.1) is 6.58 Å². The molecule has 1 atom stereocenters. The average molecular weight is 283 g/mol. The summed E-state index contributed by atoms with van der Waals surface area (Å²) in [6, 6.07) is 0. The van der Waals surface area contributed by atoms with Crippen molar-refractivity contribution in [2.45, 2.75) is 26.2 Å². The molecule has 0 amide bonds. The molecule has 0 aliphatic carbocycles.